The topological polar surface area (TPSA) is 48.8 Å². The fraction of sp³-hybridized carbons (Fsp3) is 0.467. The summed E-state index contributed by atoms with van der Waals surface area (Å²) in [7, 11) is 0. The van der Waals surface area contributed by atoms with Crippen LogP contribution in [0.4, 0.5) is 5.69 Å². The summed E-state index contributed by atoms with van der Waals surface area (Å²) in [6.07, 6.45) is 8.73. The fourth-order valence-corrected chi connectivity index (χ4v) is 2.53. The number of azide groups is 1. The molecule has 94 valence electrons. The number of allylic oxidation sites excluding steroid dienone is 1. The van der Waals surface area contributed by atoms with E-state index in [1.165, 1.54) is 37.7 Å². The van der Waals surface area contributed by atoms with Crippen molar-refractivity contribution in [2.24, 2.45) is 11.0 Å². The summed E-state index contributed by atoms with van der Waals surface area (Å²) < 4.78 is 0. The van der Waals surface area contributed by atoms with Gasteiger partial charge in [-0.05, 0) is 42.7 Å². The van der Waals surface area contributed by atoms with Gasteiger partial charge in [0.05, 0.1) is 0 Å². The van der Waals surface area contributed by atoms with Gasteiger partial charge < -0.3 is 0 Å². The summed E-state index contributed by atoms with van der Waals surface area (Å²) in [5.74, 6) is 0.925. The molecule has 18 heavy (non-hydrogen) atoms. The predicted octanol–water partition coefficient (Wildman–Crippen LogP) is 5.61. The van der Waals surface area contributed by atoms with Crippen molar-refractivity contribution in [3.05, 3.63) is 45.8 Å². The molecule has 0 radical (unpaired) electrons. The molecule has 2 rings (SSSR count). The van der Waals surface area contributed by atoms with Crippen LogP contribution < -0.4 is 0 Å². The van der Waals surface area contributed by atoms with Crippen molar-refractivity contribution in [2.75, 3.05) is 0 Å². The van der Waals surface area contributed by atoms with Gasteiger partial charge in [0.15, 0.2) is 0 Å². The third-order valence-electron chi connectivity index (χ3n) is 3.75. The smallest absolute Gasteiger partial charge is 0.0375 e. The lowest BCUT2D eigenvalue weighted by Crippen LogP contribution is -2.06. The third kappa shape index (κ3) is 3.38. The lowest BCUT2D eigenvalue weighted by atomic mass is 9.84. The highest BCUT2D eigenvalue weighted by Crippen LogP contribution is 2.31. The van der Waals surface area contributed by atoms with Gasteiger partial charge in [0.25, 0.3) is 0 Å². The van der Waals surface area contributed by atoms with E-state index in [1.54, 1.807) is 5.57 Å². The van der Waals surface area contributed by atoms with E-state index in [-0.39, 0.29) is 0 Å². The molecule has 3 nitrogen and oxygen atoms in total. The number of rotatable bonds is 3. The molecule has 1 saturated carbocycles. The number of benzene rings is 1. The Labute approximate surface area is 108 Å². The third-order valence-corrected chi connectivity index (χ3v) is 3.75. The molecule has 3 heteroatoms. The van der Waals surface area contributed by atoms with Gasteiger partial charge in [-0.3, -0.25) is 0 Å². The van der Waals surface area contributed by atoms with Crippen LogP contribution in [0.25, 0.3) is 16.5 Å². The zero-order valence-corrected chi connectivity index (χ0v) is 10.8. The molecule has 0 amide bonds. The zero-order chi connectivity index (χ0) is 12.8. The fourth-order valence-electron chi connectivity index (χ4n) is 2.53. The Morgan fingerprint density at radius 1 is 1.28 bits per heavy atom. The second kappa shape index (κ2) is 6.27. The Morgan fingerprint density at radius 3 is 2.50 bits per heavy atom. The lowest BCUT2D eigenvalue weighted by Gasteiger charge is -2.22. The highest BCUT2D eigenvalue weighted by molar-refractivity contribution is 5.56. The average molecular weight is 241 g/mol. The van der Waals surface area contributed by atoms with Crippen molar-refractivity contribution >= 4 is 11.8 Å². The van der Waals surface area contributed by atoms with Crippen molar-refractivity contribution in [3.8, 4) is 0 Å². The Morgan fingerprint density at radius 2 is 1.94 bits per heavy atom. The first-order valence-corrected chi connectivity index (χ1v) is 6.66. The van der Waals surface area contributed by atoms with E-state index in [1.807, 2.05) is 24.3 Å². The van der Waals surface area contributed by atoms with Crippen LogP contribution in [0.15, 0.2) is 35.0 Å². The van der Waals surface area contributed by atoms with Crippen LogP contribution in [-0.2, 0) is 0 Å². The number of nitrogens with zero attached hydrogens (tertiary/aromatic N) is 3. The molecule has 0 atom stereocenters. The van der Waals surface area contributed by atoms with Crippen LogP contribution in [-0.4, -0.2) is 0 Å². The Kier molecular flexibility index (Phi) is 4.43. The molecule has 1 aliphatic carbocycles. The molecule has 0 spiro atoms. The molecule has 1 aromatic carbocycles. The van der Waals surface area contributed by atoms with Gasteiger partial charge in [-0.25, -0.2) is 0 Å². The van der Waals surface area contributed by atoms with Crippen LogP contribution in [0.3, 0.4) is 0 Å². The largest absolute Gasteiger partial charge is 0.0696 e. The van der Waals surface area contributed by atoms with Gasteiger partial charge in [0, 0.05) is 10.6 Å². The van der Waals surface area contributed by atoms with E-state index in [0.29, 0.717) is 5.69 Å². The molecule has 1 aromatic rings. The highest BCUT2D eigenvalue weighted by Gasteiger charge is 2.14. The lowest BCUT2D eigenvalue weighted by molar-refractivity contribution is 0.399. The second-order valence-electron chi connectivity index (χ2n) is 4.94. The molecule has 0 aromatic heterocycles. The van der Waals surface area contributed by atoms with E-state index < -0.39 is 0 Å². The summed E-state index contributed by atoms with van der Waals surface area (Å²) in [5.41, 5.74) is 11.8. The molecule has 0 bridgehead atoms. The van der Waals surface area contributed by atoms with Crippen molar-refractivity contribution in [2.45, 2.75) is 39.0 Å². The van der Waals surface area contributed by atoms with Gasteiger partial charge in [-0.15, -0.1) is 0 Å². The van der Waals surface area contributed by atoms with E-state index in [9.17, 15) is 0 Å². The maximum Gasteiger partial charge on any atom is 0.0375 e. The summed E-state index contributed by atoms with van der Waals surface area (Å²) >= 11 is 0. The van der Waals surface area contributed by atoms with Gasteiger partial charge in [-0.1, -0.05) is 54.4 Å². The second-order valence-corrected chi connectivity index (χ2v) is 4.94. The zero-order valence-electron chi connectivity index (χ0n) is 10.8. The molecule has 0 aliphatic heterocycles. The maximum absolute atomic E-state index is 8.34. The van der Waals surface area contributed by atoms with Crippen LogP contribution in [0.5, 0.6) is 0 Å². The molecule has 0 unspecified atom stereocenters. The van der Waals surface area contributed by atoms with Crippen LogP contribution in [0, 0.1) is 5.92 Å². The summed E-state index contributed by atoms with van der Waals surface area (Å²) in [4.78, 5) is 2.78. The monoisotopic (exact) mass is 241 g/mol. The quantitative estimate of drug-likeness (QED) is 0.375. The van der Waals surface area contributed by atoms with Crippen molar-refractivity contribution in [3.63, 3.8) is 0 Å². The Balaban J connectivity index is 2.02. The van der Waals surface area contributed by atoms with Crippen LogP contribution in [0.1, 0.15) is 44.6 Å². The molecule has 0 N–H and O–H groups in total. The van der Waals surface area contributed by atoms with E-state index in [0.717, 1.165) is 5.92 Å². The normalized spacial score (nSPS) is 19.2. The molecule has 0 heterocycles. The minimum atomic E-state index is 0.675. The molecule has 0 saturated heterocycles. The molecule has 1 aliphatic rings. The van der Waals surface area contributed by atoms with Crippen LogP contribution >= 0.6 is 0 Å². The number of hydrogen-bond acceptors (Lipinski definition) is 1. The number of hydrogen-bond donors (Lipinski definition) is 0. The standard InChI is InChI=1S/C15H19N3/c1-2-12-3-5-13(6-4-12)11-14-7-9-15(10-8-14)17-18-16/h7-12H,2-6H2,1H3. The minimum absolute atomic E-state index is 0.675. The summed E-state index contributed by atoms with van der Waals surface area (Å²) in [5, 5.41) is 3.58. The molecular formula is C15H19N3. The van der Waals surface area contributed by atoms with Crippen molar-refractivity contribution < 1.29 is 0 Å². The first-order valence-electron chi connectivity index (χ1n) is 6.66. The van der Waals surface area contributed by atoms with Gasteiger partial charge in [-0.2, -0.15) is 0 Å². The van der Waals surface area contributed by atoms with Crippen molar-refractivity contribution in [1.29, 1.82) is 0 Å². The Bertz CT molecular complexity index is 457. The Hall–Kier alpha value is -1.73. The maximum atomic E-state index is 8.34. The molecular weight excluding hydrogens is 222 g/mol. The SMILES string of the molecule is CCC1CCC(=Cc2ccc(N=[N+]=[N-])cc2)CC1. The predicted molar refractivity (Wildman–Crippen MR) is 75.5 cm³/mol. The van der Waals surface area contributed by atoms with Crippen molar-refractivity contribution in [1.82, 2.24) is 0 Å². The minimum Gasteiger partial charge on any atom is -0.0696 e. The first-order chi connectivity index (χ1) is 8.81. The van der Waals surface area contributed by atoms with E-state index >= 15 is 0 Å². The average Bonchev–Trinajstić information content (AvgIpc) is 2.42. The first kappa shape index (κ1) is 12.7. The summed E-state index contributed by atoms with van der Waals surface area (Å²) in [6.45, 7) is 2.29. The van der Waals surface area contributed by atoms with Gasteiger partial charge >= 0.3 is 0 Å². The van der Waals surface area contributed by atoms with Crippen LogP contribution in [0.2, 0.25) is 0 Å². The highest BCUT2D eigenvalue weighted by atomic mass is 15.1. The van der Waals surface area contributed by atoms with E-state index in [4.69, 9.17) is 5.53 Å². The summed E-state index contributed by atoms with van der Waals surface area (Å²) in [6, 6.07) is 7.76. The molecule has 1 fully saturated rings. The van der Waals surface area contributed by atoms with Gasteiger partial charge in [0.1, 0.15) is 0 Å². The van der Waals surface area contributed by atoms with Gasteiger partial charge in [0.2, 0.25) is 0 Å². The van der Waals surface area contributed by atoms with E-state index in [2.05, 4.69) is 23.0 Å².